The molecule has 1 amide bonds. The van der Waals surface area contributed by atoms with Gasteiger partial charge in [-0.15, -0.1) is 0 Å². The van der Waals surface area contributed by atoms with E-state index in [2.05, 4.69) is 26.2 Å². The van der Waals surface area contributed by atoms with Crippen LogP contribution in [-0.2, 0) is 9.53 Å². The van der Waals surface area contributed by atoms with Gasteiger partial charge in [0.15, 0.2) is 12.4 Å². The number of carbonyl (C=O) groups excluding carboxylic acids is 3. The van der Waals surface area contributed by atoms with Crippen molar-refractivity contribution in [3.05, 3.63) is 58.3 Å². The molecule has 24 heavy (non-hydrogen) atoms. The lowest BCUT2D eigenvalue weighted by Gasteiger charge is -2.06. The van der Waals surface area contributed by atoms with E-state index in [9.17, 15) is 14.4 Å². The first-order chi connectivity index (χ1) is 11.5. The highest BCUT2D eigenvalue weighted by molar-refractivity contribution is 9.10. The minimum Gasteiger partial charge on any atom is -0.454 e. The average molecular weight is 391 g/mol. The summed E-state index contributed by atoms with van der Waals surface area (Å²) in [6.07, 6.45) is 3.28. The maximum absolute atomic E-state index is 12.0. The lowest BCUT2D eigenvalue weighted by Crippen LogP contribution is -2.15. The lowest BCUT2D eigenvalue weighted by molar-refractivity contribution is -0.115. The molecule has 0 unspecified atom stereocenters. The number of rotatable bonds is 6. The van der Waals surface area contributed by atoms with Crippen LogP contribution in [0.2, 0.25) is 0 Å². The third kappa shape index (κ3) is 4.99. The number of carbonyl (C=O) groups is 3. The second kappa shape index (κ2) is 8.35. The highest BCUT2D eigenvalue weighted by Crippen LogP contribution is 2.12. The molecule has 6 nitrogen and oxygen atoms in total. The van der Waals surface area contributed by atoms with E-state index in [1.807, 2.05) is 0 Å². The summed E-state index contributed by atoms with van der Waals surface area (Å²) < 4.78 is 5.64. The number of ether oxygens (including phenoxy) is 1. The predicted molar refractivity (Wildman–Crippen MR) is 91.9 cm³/mol. The number of nitrogens with one attached hydrogen (secondary N) is 1. The largest absolute Gasteiger partial charge is 0.454 e. The summed E-state index contributed by atoms with van der Waals surface area (Å²) in [4.78, 5) is 39.1. The van der Waals surface area contributed by atoms with Crippen LogP contribution >= 0.6 is 15.9 Å². The molecule has 0 atom stereocenters. The van der Waals surface area contributed by atoms with Crippen molar-refractivity contribution in [3.8, 4) is 0 Å². The van der Waals surface area contributed by atoms with E-state index >= 15 is 0 Å². The molecule has 1 heterocycles. The second-order valence-electron chi connectivity index (χ2n) is 4.87. The Morgan fingerprint density at radius 1 is 1.12 bits per heavy atom. The number of anilines is 1. The van der Waals surface area contributed by atoms with E-state index in [-0.39, 0.29) is 23.9 Å². The van der Waals surface area contributed by atoms with Gasteiger partial charge in [0.25, 0.3) is 0 Å². The van der Waals surface area contributed by atoms with Gasteiger partial charge in [-0.25, -0.2) is 4.79 Å². The van der Waals surface area contributed by atoms with Crippen LogP contribution in [0.4, 0.5) is 5.69 Å². The number of Topliss-reactive ketones (excluding diaryl/α,β-unsaturated/α-hetero) is 1. The van der Waals surface area contributed by atoms with Crippen molar-refractivity contribution < 1.29 is 19.1 Å². The van der Waals surface area contributed by atoms with Crippen molar-refractivity contribution in [2.24, 2.45) is 0 Å². The van der Waals surface area contributed by atoms with E-state index in [4.69, 9.17) is 4.74 Å². The van der Waals surface area contributed by atoms with Crippen LogP contribution in [0.5, 0.6) is 0 Å². The first-order valence-corrected chi connectivity index (χ1v) is 7.99. The summed E-state index contributed by atoms with van der Waals surface area (Å²) in [5.41, 5.74) is 1.26. The van der Waals surface area contributed by atoms with Gasteiger partial charge >= 0.3 is 5.97 Å². The molecule has 0 saturated heterocycles. The van der Waals surface area contributed by atoms with Crippen LogP contribution in [-0.4, -0.2) is 29.3 Å². The van der Waals surface area contributed by atoms with E-state index in [1.54, 1.807) is 43.5 Å². The number of ketones is 1. The number of hydrogen-bond donors (Lipinski definition) is 1. The quantitative estimate of drug-likeness (QED) is 0.604. The van der Waals surface area contributed by atoms with Gasteiger partial charge in [0, 0.05) is 34.5 Å². The van der Waals surface area contributed by atoms with Gasteiger partial charge in [-0.2, -0.15) is 0 Å². The van der Waals surface area contributed by atoms with Crippen molar-refractivity contribution in [1.29, 1.82) is 0 Å². The minimum atomic E-state index is -0.621. The van der Waals surface area contributed by atoms with Crippen LogP contribution in [0.25, 0.3) is 0 Å². The van der Waals surface area contributed by atoms with Crippen molar-refractivity contribution in [1.82, 2.24) is 4.98 Å². The number of pyridine rings is 1. The average Bonchev–Trinajstić information content (AvgIpc) is 2.59. The molecule has 0 spiro atoms. The maximum atomic E-state index is 12.0. The van der Waals surface area contributed by atoms with Crippen molar-refractivity contribution >= 4 is 39.3 Å². The van der Waals surface area contributed by atoms with Gasteiger partial charge in [-0.3, -0.25) is 14.6 Å². The molecule has 0 radical (unpaired) electrons. The summed E-state index contributed by atoms with van der Waals surface area (Å²) in [6.45, 7) is 1.38. The molecule has 0 aliphatic carbocycles. The fourth-order valence-electron chi connectivity index (χ4n) is 1.81. The van der Waals surface area contributed by atoms with Crippen molar-refractivity contribution in [3.63, 3.8) is 0 Å². The molecule has 0 aliphatic rings. The Kier molecular flexibility index (Phi) is 6.20. The molecule has 124 valence electrons. The van der Waals surface area contributed by atoms with Gasteiger partial charge in [0.1, 0.15) is 0 Å². The zero-order valence-corrected chi connectivity index (χ0v) is 14.5. The second-order valence-corrected chi connectivity index (χ2v) is 5.79. The van der Waals surface area contributed by atoms with E-state index in [1.165, 1.54) is 6.20 Å². The zero-order chi connectivity index (χ0) is 17.5. The Balaban J connectivity index is 1.92. The maximum Gasteiger partial charge on any atom is 0.340 e. The van der Waals surface area contributed by atoms with E-state index in [0.29, 0.717) is 22.1 Å². The number of nitrogens with zero attached hydrogens (tertiary/aromatic N) is 1. The van der Waals surface area contributed by atoms with Crippen molar-refractivity contribution in [2.45, 2.75) is 13.3 Å². The number of aromatic nitrogens is 1. The van der Waals surface area contributed by atoms with Crippen LogP contribution in [0.1, 0.15) is 34.1 Å². The molecule has 0 saturated carbocycles. The Hall–Kier alpha value is -2.54. The Labute approximate surface area is 147 Å². The highest BCUT2D eigenvalue weighted by Gasteiger charge is 2.12. The Morgan fingerprint density at radius 2 is 1.83 bits per heavy atom. The fraction of sp³-hybridized carbons (Fsp3) is 0.176. The standard InChI is InChI=1S/C17H15BrN2O4/c1-2-16(22)20-14-5-3-11(4-6-14)15(21)10-24-17(23)12-7-13(18)9-19-8-12/h3-9H,2,10H2,1H3,(H,20,22). The summed E-state index contributed by atoms with van der Waals surface area (Å²) in [5.74, 6) is -1.06. The Morgan fingerprint density at radius 3 is 2.46 bits per heavy atom. The molecule has 0 fully saturated rings. The van der Waals surface area contributed by atoms with Gasteiger partial charge < -0.3 is 10.1 Å². The summed E-state index contributed by atoms with van der Waals surface area (Å²) in [5, 5.41) is 2.69. The molecule has 2 aromatic rings. The van der Waals surface area contributed by atoms with E-state index in [0.717, 1.165) is 0 Å². The van der Waals surface area contributed by atoms with Crippen LogP contribution in [0.15, 0.2) is 47.2 Å². The number of amides is 1. The van der Waals surface area contributed by atoms with Gasteiger partial charge in [0.2, 0.25) is 5.91 Å². The van der Waals surface area contributed by atoms with Gasteiger partial charge in [-0.05, 0) is 46.3 Å². The highest BCUT2D eigenvalue weighted by atomic mass is 79.9. The molecular formula is C17H15BrN2O4. The normalized spacial score (nSPS) is 10.1. The number of hydrogen-bond acceptors (Lipinski definition) is 5. The monoisotopic (exact) mass is 390 g/mol. The van der Waals surface area contributed by atoms with Crippen molar-refractivity contribution in [2.75, 3.05) is 11.9 Å². The van der Waals surface area contributed by atoms with Crippen LogP contribution in [0.3, 0.4) is 0 Å². The predicted octanol–water partition coefficient (Wildman–Crippen LogP) is 3.23. The first kappa shape index (κ1) is 17.8. The summed E-state index contributed by atoms with van der Waals surface area (Å²) in [7, 11) is 0. The smallest absolute Gasteiger partial charge is 0.340 e. The molecule has 0 bridgehead atoms. The SMILES string of the molecule is CCC(=O)Nc1ccc(C(=O)COC(=O)c2cncc(Br)c2)cc1. The summed E-state index contributed by atoms with van der Waals surface area (Å²) >= 11 is 3.21. The fourth-order valence-corrected chi connectivity index (χ4v) is 2.17. The minimum absolute atomic E-state index is 0.106. The molecular weight excluding hydrogens is 376 g/mol. The van der Waals surface area contributed by atoms with E-state index < -0.39 is 5.97 Å². The molecule has 0 aliphatic heterocycles. The molecule has 1 aromatic carbocycles. The third-order valence-electron chi connectivity index (χ3n) is 3.09. The molecule has 2 rings (SSSR count). The number of esters is 1. The number of halogens is 1. The third-order valence-corrected chi connectivity index (χ3v) is 3.52. The molecule has 7 heteroatoms. The molecule has 1 aromatic heterocycles. The van der Waals surface area contributed by atoms with Gasteiger partial charge in [-0.1, -0.05) is 6.92 Å². The van der Waals surface area contributed by atoms with Gasteiger partial charge in [0.05, 0.1) is 5.56 Å². The topological polar surface area (TPSA) is 85.4 Å². The van der Waals surface area contributed by atoms with Crippen LogP contribution in [0, 0.1) is 0 Å². The number of benzene rings is 1. The van der Waals surface area contributed by atoms with Crippen LogP contribution < -0.4 is 5.32 Å². The first-order valence-electron chi connectivity index (χ1n) is 7.20. The molecule has 1 N–H and O–H groups in total. The zero-order valence-electron chi connectivity index (χ0n) is 12.9. The lowest BCUT2D eigenvalue weighted by atomic mass is 10.1. The Bertz CT molecular complexity index is 759. The summed E-state index contributed by atoms with van der Waals surface area (Å²) in [6, 6.07) is 7.96.